The minimum Gasteiger partial charge on any atom is 2.00 e. The van der Waals surface area contributed by atoms with E-state index in [9.17, 15) is 4.39 Å². The summed E-state index contributed by atoms with van der Waals surface area (Å²) in [5, 5.41) is 14.5. The quantitative estimate of drug-likeness (QED) is 0.447. The molecule has 0 atom stereocenters. The topological polar surface area (TPSA) is 46.2 Å². The summed E-state index contributed by atoms with van der Waals surface area (Å²) >= 11 is 0. The van der Waals surface area contributed by atoms with E-state index in [0.29, 0.717) is 0 Å². The van der Waals surface area contributed by atoms with Crippen molar-refractivity contribution >= 4 is 32.4 Å². The fourth-order valence-corrected chi connectivity index (χ4v) is 0.215. The van der Waals surface area contributed by atoms with Gasteiger partial charge in [-0.1, -0.05) is 13.8 Å². The molecular weight excluding hydrogens is 337 g/mol. The molecule has 0 aliphatic heterocycles. The maximum atomic E-state index is 11.6. The minimum atomic E-state index is -1.30. The summed E-state index contributed by atoms with van der Waals surface area (Å²) < 4.78 is 11.6. The van der Waals surface area contributed by atoms with Gasteiger partial charge in [0.25, 0.3) is 0 Å². The van der Waals surface area contributed by atoms with Gasteiger partial charge in [0, 0.05) is 0 Å². The number of hydrogen-bond donors (Lipinski definition) is 1. The monoisotopic (exact) mass is 345 g/mol. The average molecular weight is 345 g/mol. The summed E-state index contributed by atoms with van der Waals surface area (Å²) in [5.41, 5.74) is -0.498. The molecule has 0 heterocycles. The van der Waals surface area contributed by atoms with Gasteiger partial charge in [-0.15, -0.1) is 0 Å². The molecule has 3 radical (unpaired) electrons. The molecule has 0 spiro atoms. The number of allylic oxidation sites excluding steroid dienone is 2. The van der Waals surface area contributed by atoms with Gasteiger partial charge in [-0.3, -0.25) is 0 Å². The predicted octanol–water partition coefficient (Wildman–Crippen LogP) is 0.794. The van der Waals surface area contributed by atoms with Crippen molar-refractivity contribution in [1.82, 2.24) is 0 Å². The average Bonchev–Trinajstić information content (AvgIpc) is 2.03. The molecule has 0 unspecified atom stereocenters. The summed E-state index contributed by atoms with van der Waals surface area (Å²) in [4.78, 5) is 0. The molecule has 0 aliphatic carbocycles. The van der Waals surface area contributed by atoms with E-state index in [4.69, 9.17) is 26.2 Å². The Morgan fingerprint density at radius 3 is 2.15 bits per heavy atom. The standard InChI is InChI=1S/C5H2B2FN2.C2H6.W/c6-5(7)3(9)1-2-4(8)10;1-2;/h1,10H;1-2H3;/q-2;;+2. The summed E-state index contributed by atoms with van der Waals surface area (Å²) in [6, 6.07) is 0. The SMILES string of the molecule is CC.[B]C(=[B])C(=[N-])C=[C-]C(=N)F.[W+2]. The Hall–Kier alpha value is -0.302. The zero-order chi connectivity index (χ0) is 10.1. The Balaban J connectivity index is -0.000000309. The van der Waals surface area contributed by atoms with Crippen LogP contribution >= 0.6 is 0 Å². The van der Waals surface area contributed by atoms with E-state index in [0.717, 1.165) is 6.08 Å². The second-order valence-electron chi connectivity index (χ2n) is 1.44. The van der Waals surface area contributed by atoms with Gasteiger partial charge in [-0.05, 0) is 0 Å². The summed E-state index contributed by atoms with van der Waals surface area (Å²) in [6.07, 6.45) is 2.53. The molecule has 1 N–H and O–H groups in total. The van der Waals surface area contributed by atoms with Gasteiger partial charge >= 0.3 is 80.8 Å². The Kier molecular flexibility index (Phi) is 16.6. The third-order valence-electron chi connectivity index (χ3n) is 0.631. The summed E-state index contributed by atoms with van der Waals surface area (Å²) in [6.45, 7) is 4.00. The maximum absolute atomic E-state index is 11.6. The second kappa shape index (κ2) is 11.7. The normalized spacial score (nSPS) is 7.85. The molecular formula is C7H8B2FN2W. The molecule has 65 valence electrons. The van der Waals surface area contributed by atoms with E-state index in [2.05, 4.69) is 0 Å². The van der Waals surface area contributed by atoms with Crippen molar-refractivity contribution in [1.29, 1.82) is 5.41 Å². The van der Waals surface area contributed by atoms with Crippen molar-refractivity contribution in [3.05, 3.63) is 17.6 Å². The Morgan fingerprint density at radius 1 is 1.54 bits per heavy atom. The van der Waals surface area contributed by atoms with Crippen molar-refractivity contribution < 1.29 is 25.5 Å². The van der Waals surface area contributed by atoms with Crippen molar-refractivity contribution in [3.8, 4) is 0 Å². The van der Waals surface area contributed by atoms with Crippen LogP contribution in [0.3, 0.4) is 0 Å². The molecule has 0 rings (SSSR count). The Labute approximate surface area is 94.8 Å². The fourth-order valence-electron chi connectivity index (χ4n) is 0.215. The van der Waals surface area contributed by atoms with Crippen LogP contribution in [-0.4, -0.2) is 32.4 Å². The van der Waals surface area contributed by atoms with Gasteiger partial charge in [0.15, 0.2) is 0 Å². The third kappa shape index (κ3) is 14.5. The number of hydrogen-bond acceptors (Lipinski definition) is 1. The molecule has 6 heteroatoms. The van der Waals surface area contributed by atoms with Gasteiger partial charge in [-0.25, -0.2) is 0 Å². The molecule has 0 aromatic rings. The fraction of sp³-hybridized carbons (Fsp3) is 0.286. The van der Waals surface area contributed by atoms with Gasteiger partial charge in [0.1, 0.15) is 0 Å². The van der Waals surface area contributed by atoms with Crippen molar-refractivity contribution in [2.45, 2.75) is 13.8 Å². The van der Waals surface area contributed by atoms with Crippen LogP contribution in [0.4, 0.5) is 4.39 Å². The van der Waals surface area contributed by atoms with Gasteiger partial charge in [0.05, 0.1) is 0 Å². The third-order valence-corrected chi connectivity index (χ3v) is 0.631. The zero-order valence-electron chi connectivity index (χ0n) is 7.47. The maximum Gasteiger partial charge on any atom is 2.00 e. The minimum absolute atomic E-state index is 0. The molecule has 0 bridgehead atoms. The van der Waals surface area contributed by atoms with E-state index in [1.54, 1.807) is 6.08 Å². The van der Waals surface area contributed by atoms with Crippen molar-refractivity contribution in [2.75, 3.05) is 0 Å². The molecule has 0 fully saturated rings. The van der Waals surface area contributed by atoms with Gasteiger partial charge in [-0.2, -0.15) is 0 Å². The smallest absolute Gasteiger partial charge is 2.00 e. The number of halogens is 1. The molecule has 0 amide bonds. The Morgan fingerprint density at radius 2 is 1.92 bits per heavy atom. The van der Waals surface area contributed by atoms with E-state index >= 15 is 0 Å². The van der Waals surface area contributed by atoms with Crippen LogP contribution in [0.25, 0.3) is 5.41 Å². The first kappa shape index (κ1) is 18.5. The van der Waals surface area contributed by atoms with E-state index in [1.165, 1.54) is 0 Å². The van der Waals surface area contributed by atoms with E-state index < -0.39 is 11.7 Å². The van der Waals surface area contributed by atoms with Gasteiger partial charge in [0.2, 0.25) is 0 Å². The number of rotatable bonds is 3. The second-order valence-corrected chi connectivity index (χ2v) is 1.44. The molecule has 0 aliphatic rings. The van der Waals surface area contributed by atoms with Crippen LogP contribution in [-0.2, 0) is 21.1 Å². The first-order chi connectivity index (χ1) is 5.54. The van der Waals surface area contributed by atoms with Crippen LogP contribution in [0.2, 0.25) is 0 Å². The molecule has 0 aromatic heterocycles. The van der Waals surface area contributed by atoms with Gasteiger partial charge < -0.3 is 0 Å². The molecule has 0 saturated heterocycles. The van der Waals surface area contributed by atoms with Crippen LogP contribution in [0, 0.1) is 11.5 Å². The summed E-state index contributed by atoms with van der Waals surface area (Å²) in [5.74, 6) is -1.30. The predicted molar refractivity (Wildman–Crippen MR) is 52.9 cm³/mol. The van der Waals surface area contributed by atoms with Crippen LogP contribution < -0.4 is 0 Å². The molecule has 2 nitrogen and oxygen atoms in total. The Bertz CT molecular complexity index is 217. The number of nitrogens with one attached hydrogen (secondary N) is 1. The van der Waals surface area contributed by atoms with Crippen LogP contribution in [0.5, 0.6) is 0 Å². The number of nitrogens with zero attached hydrogens (tertiary/aromatic N) is 1. The van der Waals surface area contributed by atoms with Crippen LogP contribution in [0.1, 0.15) is 13.8 Å². The molecule has 0 aromatic carbocycles. The summed E-state index contributed by atoms with van der Waals surface area (Å²) in [7, 11) is 9.73. The van der Waals surface area contributed by atoms with Crippen molar-refractivity contribution in [2.24, 2.45) is 0 Å². The largest absolute Gasteiger partial charge is 2.00 e. The zero-order valence-corrected chi connectivity index (χ0v) is 10.4. The van der Waals surface area contributed by atoms with Crippen molar-refractivity contribution in [3.63, 3.8) is 0 Å². The molecule has 13 heavy (non-hydrogen) atoms. The van der Waals surface area contributed by atoms with E-state index in [-0.39, 0.29) is 26.4 Å². The first-order valence-corrected chi connectivity index (χ1v) is 3.32. The van der Waals surface area contributed by atoms with Crippen LogP contribution in [0.15, 0.2) is 6.08 Å². The first-order valence-electron chi connectivity index (χ1n) is 3.32. The van der Waals surface area contributed by atoms with E-state index in [1.807, 2.05) is 13.8 Å². The molecule has 0 saturated carbocycles.